The summed E-state index contributed by atoms with van der Waals surface area (Å²) in [6.45, 7) is 5.21. The van der Waals surface area contributed by atoms with Crippen molar-refractivity contribution >= 4 is 5.97 Å². The van der Waals surface area contributed by atoms with Crippen molar-refractivity contribution in [2.75, 3.05) is 20.3 Å². The highest BCUT2D eigenvalue weighted by atomic mass is 16.6. The maximum atomic E-state index is 12.1. The van der Waals surface area contributed by atoms with Crippen molar-refractivity contribution in [2.45, 2.75) is 25.7 Å². The Bertz CT molecular complexity index is 537. The third-order valence-corrected chi connectivity index (χ3v) is 4.23. The van der Waals surface area contributed by atoms with Crippen LogP contribution in [0.25, 0.3) is 0 Å². The van der Waals surface area contributed by atoms with Crippen molar-refractivity contribution in [3.8, 4) is 11.5 Å². The Balaban J connectivity index is 2.08. The van der Waals surface area contributed by atoms with E-state index in [0.717, 1.165) is 29.0 Å². The zero-order chi connectivity index (χ0) is 13.6. The van der Waals surface area contributed by atoms with Gasteiger partial charge in [0.25, 0.3) is 0 Å². The minimum Gasteiger partial charge on any atom is -0.486 e. The van der Waals surface area contributed by atoms with Crippen LogP contribution in [0, 0.1) is 12.8 Å². The minimum absolute atomic E-state index is 0.153. The van der Waals surface area contributed by atoms with E-state index in [1.54, 1.807) is 0 Å². The maximum Gasteiger partial charge on any atom is 0.316 e. The van der Waals surface area contributed by atoms with Crippen LogP contribution in [-0.2, 0) is 14.9 Å². The second kappa shape index (κ2) is 4.15. The lowest BCUT2D eigenvalue weighted by Gasteiger charge is -2.23. The summed E-state index contributed by atoms with van der Waals surface area (Å²) in [7, 11) is 1.45. The lowest BCUT2D eigenvalue weighted by molar-refractivity contribution is -0.144. The monoisotopic (exact) mass is 262 g/mol. The van der Waals surface area contributed by atoms with Gasteiger partial charge in [0.1, 0.15) is 13.2 Å². The van der Waals surface area contributed by atoms with Crippen molar-refractivity contribution in [2.24, 2.45) is 5.92 Å². The molecule has 0 amide bonds. The average Bonchev–Trinajstić information content (AvgIpc) is 3.09. The number of carbonyl (C=O) groups excluding carboxylic acids is 1. The largest absolute Gasteiger partial charge is 0.486 e. The van der Waals surface area contributed by atoms with Crippen LogP contribution in [0.2, 0.25) is 0 Å². The highest BCUT2D eigenvalue weighted by Gasteiger charge is 2.60. The normalized spacial score (nSPS) is 27.8. The molecular weight excluding hydrogens is 244 g/mol. The van der Waals surface area contributed by atoms with Crippen molar-refractivity contribution in [3.63, 3.8) is 0 Å². The second-order valence-corrected chi connectivity index (χ2v) is 5.38. The summed E-state index contributed by atoms with van der Waals surface area (Å²) in [5, 5.41) is 0. The Kier molecular flexibility index (Phi) is 2.69. The fourth-order valence-electron chi connectivity index (χ4n) is 3.05. The topological polar surface area (TPSA) is 44.8 Å². The summed E-state index contributed by atoms with van der Waals surface area (Å²) < 4.78 is 16.2. The number of rotatable bonds is 2. The van der Waals surface area contributed by atoms with Crippen LogP contribution in [0.3, 0.4) is 0 Å². The summed E-state index contributed by atoms with van der Waals surface area (Å²) in [5.74, 6) is 1.65. The Morgan fingerprint density at radius 1 is 1.32 bits per heavy atom. The number of hydrogen-bond donors (Lipinski definition) is 0. The number of fused-ring (bicyclic) bond motifs is 1. The molecule has 19 heavy (non-hydrogen) atoms. The SMILES string of the molecule is COC(=O)C1(c2cc3c(cc2C)OCCO3)CC1C. The Morgan fingerprint density at radius 3 is 2.42 bits per heavy atom. The van der Waals surface area contributed by atoms with Crippen LogP contribution in [0.1, 0.15) is 24.5 Å². The van der Waals surface area contributed by atoms with Crippen LogP contribution >= 0.6 is 0 Å². The van der Waals surface area contributed by atoms with E-state index in [-0.39, 0.29) is 5.97 Å². The van der Waals surface area contributed by atoms with Gasteiger partial charge in [-0.2, -0.15) is 0 Å². The number of esters is 1. The van der Waals surface area contributed by atoms with Gasteiger partial charge >= 0.3 is 5.97 Å². The number of aryl methyl sites for hydroxylation is 1. The fourth-order valence-corrected chi connectivity index (χ4v) is 3.05. The number of ether oxygens (including phenoxy) is 3. The van der Waals surface area contributed by atoms with E-state index in [4.69, 9.17) is 14.2 Å². The van der Waals surface area contributed by atoms with Crippen molar-refractivity contribution < 1.29 is 19.0 Å². The highest BCUT2D eigenvalue weighted by Crippen LogP contribution is 2.57. The van der Waals surface area contributed by atoms with Crippen LogP contribution < -0.4 is 9.47 Å². The molecule has 1 aliphatic carbocycles. The zero-order valence-corrected chi connectivity index (χ0v) is 11.5. The van der Waals surface area contributed by atoms with Crippen molar-refractivity contribution in [1.29, 1.82) is 0 Å². The maximum absolute atomic E-state index is 12.1. The van der Waals surface area contributed by atoms with Crippen LogP contribution in [0.4, 0.5) is 0 Å². The smallest absolute Gasteiger partial charge is 0.316 e. The van der Waals surface area contributed by atoms with E-state index >= 15 is 0 Å². The molecule has 3 rings (SSSR count). The van der Waals surface area contributed by atoms with Gasteiger partial charge in [-0.3, -0.25) is 4.79 Å². The molecular formula is C15H18O4. The molecule has 0 radical (unpaired) electrons. The van der Waals surface area contributed by atoms with Crippen molar-refractivity contribution in [1.82, 2.24) is 0 Å². The van der Waals surface area contributed by atoms with Gasteiger partial charge in [0.05, 0.1) is 12.5 Å². The lowest BCUT2D eigenvalue weighted by atomic mass is 9.89. The molecule has 4 heteroatoms. The molecule has 1 fully saturated rings. The molecule has 2 unspecified atom stereocenters. The Labute approximate surface area is 112 Å². The van der Waals surface area contributed by atoms with Gasteiger partial charge in [-0.25, -0.2) is 0 Å². The molecule has 1 saturated carbocycles. The number of carbonyl (C=O) groups is 1. The van der Waals surface area contributed by atoms with Crippen LogP contribution in [0.15, 0.2) is 12.1 Å². The molecule has 2 atom stereocenters. The standard InChI is InChI=1S/C15H18O4/c1-9-6-12-13(19-5-4-18-12)7-11(9)15(8-10(15)2)14(16)17-3/h6-7,10H,4-5,8H2,1-3H3. The molecule has 0 aromatic heterocycles. The summed E-state index contributed by atoms with van der Waals surface area (Å²) in [5.41, 5.74) is 1.57. The van der Waals surface area contributed by atoms with E-state index < -0.39 is 5.41 Å². The first-order chi connectivity index (χ1) is 9.09. The molecule has 0 N–H and O–H groups in total. The Morgan fingerprint density at radius 2 is 1.89 bits per heavy atom. The van der Waals surface area contributed by atoms with Crippen LogP contribution in [0.5, 0.6) is 11.5 Å². The number of methoxy groups -OCH3 is 1. The minimum atomic E-state index is -0.491. The van der Waals surface area contributed by atoms with E-state index in [0.29, 0.717) is 19.1 Å². The molecule has 0 bridgehead atoms. The first kappa shape index (κ1) is 12.3. The van der Waals surface area contributed by atoms with E-state index in [1.165, 1.54) is 7.11 Å². The van der Waals surface area contributed by atoms with Gasteiger partial charge in [-0.1, -0.05) is 6.92 Å². The van der Waals surface area contributed by atoms with Gasteiger partial charge in [-0.15, -0.1) is 0 Å². The first-order valence-corrected chi connectivity index (χ1v) is 6.58. The van der Waals surface area contributed by atoms with E-state index in [9.17, 15) is 4.79 Å². The first-order valence-electron chi connectivity index (χ1n) is 6.58. The second-order valence-electron chi connectivity index (χ2n) is 5.38. The van der Waals surface area contributed by atoms with Gasteiger partial charge < -0.3 is 14.2 Å². The molecule has 4 nitrogen and oxygen atoms in total. The Hall–Kier alpha value is -1.71. The molecule has 1 aromatic rings. The number of hydrogen-bond acceptors (Lipinski definition) is 4. The molecule has 1 heterocycles. The summed E-state index contributed by atoms with van der Waals surface area (Å²) >= 11 is 0. The molecule has 1 aliphatic heterocycles. The van der Waals surface area contributed by atoms with E-state index in [2.05, 4.69) is 6.92 Å². The average molecular weight is 262 g/mol. The van der Waals surface area contributed by atoms with Crippen molar-refractivity contribution in [3.05, 3.63) is 23.3 Å². The molecule has 0 spiro atoms. The van der Waals surface area contributed by atoms with Gasteiger partial charge in [0.2, 0.25) is 0 Å². The summed E-state index contributed by atoms with van der Waals surface area (Å²) in [4.78, 5) is 12.1. The molecule has 2 aliphatic rings. The predicted octanol–water partition coefficient (Wildman–Crippen LogP) is 2.22. The number of benzene rings is 1. The third kappa shape index (κ3) is 1.70. The summed E-state index contributed by atoms with van der Waals surface area (Å²) in [6, 6.07) is 3.91. The van der Waals surface area contributed by atoms with Crippen LogP contribution in [-0.4, -0.2) is 26.3 Å². The molecule has 102 valence electrons. The third-order valence-electron chi connectivity index (χ3n) is 4.23. The fraction of sp³-hybridized carbons (Fsp3) is 0.533. The quantitative estimate of drug-likeness (QED) is 0.767. The highest BCUT2D eigenvalue weighted by molar-refractivity contribution is 5.88. The summed E-state index contributed by atoms with van der Waals surface area (Å²) in [6.07, 6.45) is 0.833. The molecule has 0 saturated heterocycles. The lowest BCUT2D eigenvalue weighted by Crippen LogP contribution is -2.26. The van der Waals surface area contributed by atoms with Gasteiger partial charge in [0, 0.05) is 0 Å². The van der Waals surface area contributed by atoms with E-state index in [1.807, 2.05) is 19.1 Å². The predicted molar refractivity (Wildman–Crippen MR) is 69.6 cm³/mol. The van der Waals surface area contributed by atoms with Gasteiger partial charge in [0.15, 0.2) is 11.5 Å². The van der Waals surface area contributed by atoms with Gasteiger partial charge in [-0.05, 0) is 42.5 Å². The zero-order valence-electron chi connectivity index (χ0n) is 11.5. The molecule has 1 aromatic carbocycles.